The summed E-state index contributed by atoms with van der Waals surface area (Å²) >= 11 is 0. The Morgan fingerprint density at radius 1 is 1.14 bits per heavy atom. The summed E-state index contributed by atoms with van der Waals surface area (Å²) in [6.07, 6.45) is 6.39. The lowest BCUT2D eigenvalue weighted by Gasteiger charge is -2.30. The van der Waals surface area contributed by atoms with Crippen LogP contribution in [0.1, 0.15) is 58.8 Å². The van der Waals surface area contributed by atoms with E-state index >= 15 is 0 Å². The number of aliphatic hydroxyl groups excluding tert-OH is 1. The van der Waals surface area contributed by atoms with Crippen LogP contribution in [0.5, 0.6) is 0 Å². The van der Waals surface area contributed by atoms with Crippen LogP contribution in [-0.4, -0.2) is 35.1 Å². The van der Waals surface area contributed by atoms with Crippen LogP contribution >= 0.6 is 0 Å². The molecule has 21 heavy (non-hydrogen) atoms. The van der Waals surface area contributed by atoms with Crippen molar-refractivity contribution in [3.63, 3.8) is 0 Å². The maximum Gasteiger partial charge on any atom is 0.245 e. The van der Waals surface area contributed by atoms with Gasteiger partial charge in [0.25, 0.3) is 0 Å². The fourth-order valence-electron chi connectivity index (χ4n) is 3.03. The molecule has 5 nitrogen and oxygen atoms in total. The minimum absolute atomic E-state index is 0.0408. The second-order valence-electron chi connectivity index (χ2n) is 6.64. The molecule has 2 aliphatic carbocycles. The molecule has 3 N–H and O–H groups in total. The highest BCUT2D eigenvalue weighted by atomic mass is 16.3. The van der Waals surface area contributed by atoms with E-state index in [0.717, 1.165) is 44.4 Å². The lowest BCUT2D eigenvalue weighted by atomic mass is 9.84. The second kappa shape index (κ2) is 7.25. The Morgan fingerprint density at radius 2 is 1.76 bits per heavy atom. The van der Waals surface area contributed by atoms with Gasteiger partial charge in [-0.25, -0.2) is 0 Å². The first-order chi connectivity index (χ1) is 10.0. The Kier molecular flexibility index (Phi) is 5.62. The molecule has 2 rings (SSSR count). The van der Waals surface area contributed by atoms with Crippen molar-refractivity contribution < 1.29 is 14.7 Å². The van der Waals surface area contributed by atoms with E-state index in [4.69, 9.17) is 0 Å². The van der Waals surface area contributed by atoms with Crippen LogP contribution in [0, 0.1) is 11.8 Å². The zero-order valence-corrected chi connectivity index (χ0v) is 13.1. The normalized spacial score (nSPS) is 28.5. The molecule has 2 aliphatic rings. The summed E-state index contributed by atoms with van der Waals surface area (Å²) in [6, 6.07) is -0.652. The zero-order valence-electron chi connectivity index (χ0n) is 13.1. The lowest BCUT2D eigenvalue weighted by molar-refractivity contribution is -0.132. The summed E-state index contributed by atoms with van der Waals surface area (Å²) in [5.41, 5.74) is 0. The van der Waals surface area contributed by atoms with E-state index in [2.05, 4.69) is 17.6 Å². The fraction of sp³-hybridized carbons (Fsp3) is 0.875. The van der Waals surface area contributed by atoms with Gasteiger partial charge in [-0.15, -0.1) is 0 Å². The van der Waals surface area contributed by atoms with E-state index in [0.29, 0.717) is 0 Å². The molecule has 0 radical (unpaired) electrons. The van der Waals surface area contributed by atoms with E-state index < -0.39 is 12.1 Å². The van der Waals surface area contributed by atoms with Crippen molar-refractivity contribution in [3.8, 4) is 0 Å². The van der Waals surface area contributed by atoms with Crippen molar-refractivity contribution in [2.45, 2.75) is 77.0 Å². The molecule has 2 amide bonds. The number of aliphatic hydroxyl groups is 1. The van der Waals surface area contributed by atoms with Gasteiger partial charge in [0.05, 0.1) is 6.10 Å². The van der Waals surface area contributed by atoms with Crippen molar-refractivity contribution in [1.29, 1.82) is 0 Å². The van der Waals surface area contributed by atoms with E-state index in [-0.39, 0.29) is 23.8 Å². The monoisotopic (exact) mass is 296 g/mol. The highest BCUT2D eigenvalue weighted by molar-refractivity contribution is 5.89. The molecule has 0 aromatic carbocycles. The molecule has 0 saturated heterocycles. The van der Waals surface area contributed by atoms with Gasteiger partial charge >= 0.3 is 0 Å². The van der Waals surface area contributed by atoms with Crippen molar-refractivity contribution in [2.75, 3.05) is 0 Å². The highest BCUT2D eigenvalue weighted by Gasteiger charge is 2.35. The van der Waals surface area contributed by atoms with Crippen LogP contribution in [0.3, 0.4) is 0 Å². The summed E-state index contributed by atoms with van der Waals surface area (Å²) < 4.78 is 0. The molecular weight excluding hydrogens is 268 g/mol. The van der Waals surface area contributed by atoms with E-state index in [9.17, 15) is 14.7 Å². The van der Waals surface area contributed by atoms with Gasteiger partial charge in [-0.1, -0.05) is 13.3 Å². The van der Waals surface area contributed by atoms with Crippen LogP contribution in [0.25, 0.3) is 0 Å². The highest BCUT2D eigenvalue weighted by Crippen LogP contribution is 2.29. The van der Waals surface area contributed by atoms with Gasteiger partial charge in [-0.2, -0.15) is 0 Å². The van der Waals surface area contributed by atoms with Gasteiger partial charge in [0, 0.05) is 12.0 Å². The van der Waals surface area contributed by atoms with Crippen molar-refractivity contribution in [2.24, 2.45) is 11.8 Å². The minimum atomic E-state index is -0.875. The molecule has 0 heterocycles. The third-order valence-corrected chi connectivity index (χ3v) is 4.78. The van der Waals surface area contributed by atoms with Gasteiger partial charge in [0.15, 0.2) is 0 Å². The lowest BCUT2D eigenvalue weighted by Crippen LogP contribution is -2.55. The SMILES string of the molecule is CCC1CCC(NC(=O)C(NC(=O)C2CC2)C(C)O)CC1. The standard InChI is InChI=1S/C16H28N2O3/c1-3-11-4-8-13(9-5-11)17-16(21)14(10(2)19)18-15(20)12-6-7-12/h10-14,19H,3-9H2,1-2H3,(H,17,21)(H,18,20). The molecule has 2 saturated carbocycles. The van der Waals surface area contributed by atoms with Gasteiger partial charge < -0.3 is 15.7 Å². The molecule has 0 bridgehead atoms. The predicted octanol–water partition coefficient (Wildman–Crippen LogP) is 1.35. The molecule has 2 atom stereocenters. The summed E-state index contributed by atoms with van der Waals surface area (Å²) in [4.78, 5) is 24.1. The third kappa shape index (κ3) is 4.70. The average Bonchev–Trinajstić information content (AvgIpc) is 3.29. The third-order valence-electron chi connectivity index (χ3n) is 4.78. The number of nitrogens with one attached hydrogen (secondary N) is 2. The number of hydrogen-bond donors (Lipinski definition) is 3. The van der Waals surface area contributed by atoms with E-state index in [1.165, 1.54) is 6.42 Å². The molecule has 5 heteroatoms. The fourth-order valence-corrected chi connectivity index (χ4v) is 3.03. The predicted molar refractivity (Wildman–Crippen MR) is 80.5 cm³/mol. The molecule has 120 valence electrons. The quantitative estimate of drug-likeness (QED) is 0.692. The van der Waals surface area contributed by atoms with E-state index in [1.807, 2.05) is 0 Å². The Balaban J connectivity index is 1.82. The van der Waals surface area contributed by atoms with Crippen LogP contribution in [0.2, 0.25) is 0 Å². The van der Waals surface area contributed by atoms with Crippen LogP contribution < -0.4 is 10.6 Å². The maximum atomic E-state index is 12.3. The zero-order chi connectivity index (χ0) is 15.4. The summed E-state index contributed by atoms with van der Waals surface area (Å²) in [5.74, 6) is 0.462. The number of carbonyl (C=O) groups is 2. The molecule has 0 aromatic rings. The largest absolute Gasteiger partial charge is 0.391 e. The van der Waals surface area contributed by atoms with Crippen LogP contribution in [0.4, 0.5) is 0 Å². The Morgan fingerprint density at radius 3 is 2.24 bits per heavy atom. The summed E-state index contributed by atoms with van der Waals surface area (Å²) in [6.45, 7) is 3.76. The summed E-state index contributed by atoms with van der Waals surface area (Å²) in [7, 11) is 0. The Hall–Kier alpha value is -1.10. The van der Waals surface area contributed by atoms with Crippen LogP contribution in [-0.2, 0) is 9.59 Å². The van der Waals surface area contributed by atoms with Gasteiger partial charge in [-0.05, 0) is 51.4 Å². The van der Waals surface area contributed by atoms with E-state index in [1.54, 1.807) is 6.92 Å². The van der Waals surface area contributed by atoms with Crippen molar-refractivity contribution in [3.05, 3.63) is 0 Å². The van der Waals surface area contributed by atoms with Gasteiger partial charge in [0.1, 0.15) is 6.04 Å². The molecule has 0 aromatic heterocycles. The molecule has 0 spiro atoms. The first kappa shape index (κ1) is 16.3. The Bertz CT molecular complexity index is 372. The van der Waals surface area contributed by atoms with Crippen molar-refractivity contribution in [1.82, 2.24) is 10.6 Å². The number of amides is 2. The number of hydrogen-bond acceptors (Lipinski definition) is 3. The summed E-state index contributed by atoms with van der Waals surface area (Å²) in [5, 5.41) is 15.5. The van der Waals surface area contributed by atoms with Gasteiger partial charge in [-0.3, -0.25) is 9.59 Å². The molecule has 2 unspecified atom stereocenters. The van der Waals surface area contributed by atoms with Gasteiger partial charge in [0.2, 0.25) is 11.8 Å². The smallest absolute Gasteiger partial charge is 0.245 e. The number of rotatable bonds is 6. The molecule has 2 fully saturated rings. The minimum Gasteiger partial charge on any atom is -0.391 e. The average molecular weight is 296 g/mol. The first-order valence-electron chi connectivity index (χ1n) is 8.30. The second-order valence-corrected chi connectivity index (χ2v) is 6.64. The maximum absolute atomic E-state index is 12.3. The van der Waals surface area contributed by atoms with Crippen LogP contribution in [0.15, 0.2) is 0 Å². The number of carbonyl (C=O) groups excluding carboxylic acids is 2. The first-order valence-corrected chi connectivity index (χ1v) is 8.30. The van der Waals surface area contributed by atoms with Crippen molar-refractivity contribution >= 4 is 11.8 Å². The molecular formula is C16H28N2O3. The Labute approximate surface area is 126 Å². The topological polar surface area (TPSA) is 78.4 Å². The molecule has 0 aliphatic heterocycles.